The van der Waals surface area contributed by atoms with Gasteiger partial charge in [0.25, 0.3) is 5.91 Å². The molecule has 0 atom stereocenters. The minimum absolute atomic E-state index is 0.0479. The van der Waals surface area contributed by atoms with Crippen molar-refractivity contribution in [3.8, 4) is 0 Å². The summed E-state index contributed by atoms with van der Waals surface area (Å²) in [7, 11) is 0. The fourth-order valence-electron chi connectivity index (χ4n) is 2.04. The number of aromatic amines is 1. The Bertz CT molecular complexity index is 624. The fraction of sp³-hybridized carbons (Fsp3) is 0.412. The van der Waals surface area contributed by atoms with E-state index in [0.29, 0.717) is 12.2 Å². The Labute approximate surface area is 130 Å². The van der Waals surface area contributed by atoms with Crippen molar-refractivity contribution in [1.29, 1.82) is 0 Å². The molecule has 0 unspecified atom stereocenters. The predicted octanol–water partition coefficient (Wildman–Crippen LogP) is 2.17. The number of aromatic nitrogens is 2. The number of amides is 1. The molecule has 0 saturated carbocycles. The van der Waals surface area contributed by atoms with Crippen LogP contribution in [-0.2, 0) is 18.4 Å². The van der Waals surface area contributed by atoms with E-state index in [4.69, 9.17) is 5.11 Å². The summed E-state index contributed by atoms with van der Waals surface area (Å²) in [4.78, 5) is 12.0. The molecular weight excluding hydrogens is 278 g/mol. The van der Waals surface area contributed by atoms with Gasteiger partial charge in [-0.15, -0.1) is 0 Å². The average molecular weight is 301 g/mol. The van der Waals surface area contributed by atoms with Crippen LogP contribution in [0.1, 0.15) is 48.1 Å². The first-order chi connectivity index (χ1) is 10.4. The second kappa shape index (κ2) is 6.75. The molecule has 0 aliphatic carbocycles. The van der Waals surface area contributed by atoms with Crippen molar-refractivity contribution in [3.63, 3.8) is 0 Å². The minimum atomic E-state index is -0.168. The molecule has 5 nitrogen and oxygen atoms in total. The monoisotopic (exact) mass is 301 g/mol. The number of nitrogens with one attached hydrogen (secondary N) is 2. The molecule has 0 saturated heterocycles. The lowest BCUT2D eigenvalue weighted by atomic mass is 9.92. The molecule has 2 rings (SSSR count). The lowest BCUT2D eigenvalue weighted by molar-refractivity contribution is 0.0949. The molecule has 1 amide bonds. The van der Waals surface area contributed by atoms with Crippen LogP contribution in [0.3, 0.4) is 0 Å². The van der Waals surface area contributed by atoms with Gasteiger partial charge in [0.1, 0.15) is 5.69 Å². The van der Waals surface area contributed by atoms with Gasteiger partial charge in [0.05, 0.1) is 6.61 Å². The van der Waals surface area contributed by atoms with Gasteiger partial charge in [-0.3, -0.25) is 9.89 Å². The molecule has 118 valence electrons. The van der Waals surface area contributed by atoms with E-state index in [1.165, 1.54) is 0 Å². The zero-order chi connectivity index (χ0) is 16.2. The molecule has 22 heavy (non-hydrogen) atoms. The summed E-state index contributed by atoms with van der Waals surface area (Å²) < 4.78 is 0. The van der Waals surface area contributed by atoms with E-state index < -0.39 is 0 Å². The average Bonchev–Trinajstić information content (AvgIpc) is 2.98. The predicted molar refractivity (Wildman–Crippen MR) is 85.7 cm³/mol. The summed E-state index contributed by atoms with van der Waals surface area (Å²) in [5.41, 5.74) is 3.31. The van der Waals surface area contributed by atoms with Crippen molar-refractivity contribution >= 4 is 5.91 Å². The van der Waals surface area contributed by atoms with Crippen LogP contribution in [0.4, 0.5) is 0 Å². The van der Waals surface area contributed by atoms with E-state index in [0.717, 1.165) is 23.2 Å². The fourth-order valence-corrected chi connectivity index (χ4v) is 2.04. The number of rotatable bonds is 5. The molecule has 0 radical (unpaired) electrons. The van der Waals surface area contributed by atoms with Gasteiger partial charge in [0.15, 0.2) is 0 Å². The van der Waals surface area contributed by atoms with Gasteiger partial charge in [-0.25, -0.2) is 0 Å². The Hall–Kier alpha value is -2.14. The number of carbonyl (C=O) groups excluding carboxylic acids is 1. The van der Waals surface area contributed by atoms with E-state index in [1.54, 1.807) is 6.07 Å². The van der Waals surface area contributed by atoms with Crippen molar-refractivity contribution in [2.75, 3.05) is 6.54 Å². The number of nitrogens with zero attached hydrogens (tertiary/aromatic N) is 1. The summed E-state index contributed by atoms with van der Waals surface area (Å²) >= 11 is 0. The number of H-pyrrole nitrogens is 1. The van der Waals surface area contributed by atoms with Gasteiger partial charge in [-0.05, 0) is 23.6 Å². The summed E-state index contributed by atoms with van der Waals surface area (Å²) in [5, 5.41) is 18.8. The topological polar surface area (TPSA) is 78.0 Å². The smallest absolute Gasteiger partial charge is 0.271 e. The van der Waals surface area contributed by atoms with Crippen molar-refractivity contribution in [2.24, 2.45) is 0 Å². The lowest BCUT2D eigenvalue weighted by Gasteiger charge is -2.14. The summed E-state index contributed by atoms with van der Waals surface area (Å²) in [6.07, 6.45) is 0.744. The van der Waals surface area contributed by atoms with E-state index in [2.05, 4.69) is 36.3 Å². The Morgan fingerprint density at radius 2 is 1.86 bits per heavy atom. The number of aliphatic hydroxyl groups excluding tert-OH is 1. The van der Waals surface area contributed by atoms with Crippen molar-refractivity contribution in [1.82, 2.24) is 15.5 Å². The van der Waals surface area contributed by atoms with Gasteiger partial charge >= 0.3 is 0 Å². The van der Waals surface area contributed by atoms with Crippen molar-refractivity contribution in [3.05, 3.63) is 52.8 Å². The lowest BCUT2D eigenvalue weighted by Crippen LogP contribution is -2.26. The molecular formula is C17H23N3O2. The van der Waals surface area contributed by atoms with E-state index in [-0.39, 0.29) is 17.9 Å². The third-order valence-corrected chi connectivity index (χ3v) is 3.52. The first-order valence-corrected chi connectivity index (χ1v) is 7.43. The van der Waals surface area contributed by atoms with Gasteiger partial charge in [0.2, 0.25) is 0 Å². The van der Waals surface area contributed by atoms with Gasteiger partial charge in [-0.1, -0.05) is 45.0 Å². The number of carbonyl (C=O) groups is 1. The van der Waals surface area contributed by atoms with Crippen LogP contribution in [0.25, 0.3) is 0 Å². The summed E-state index contributed by atoms with van der Waals surface area (Å²) in [5.74, 6) is -0.168. The van der Waals surface area contributed by atoms with E-state index in [9.17, 15) is 4.79 Å². The second-order valence-electron chi connectivity index (χ2n) is 6.40. The first-order valence-electron chi connectivity index (χ1n) is 7.43. The van der Waals surface area contributed by atoms with Crippen molar-refractivity contribution in [2.45, 2.75) is 39.2 Å². The Balaban J connectivity index is 1.86. The maximum absolute atomic E-state index is 12.0. The van der Waals surface area contributed by atoms with E-state index >= 15 is 0 Å². The number of hydrogen-bond acceptors (Lipinski definition) is 3. The standard InChI is InChI=1S/C17H23N3O2/c1-17(2,3)15-10-14(19-20-15)16(22)18-9-8-12-4-6-13(11-21)7-5-12/h4-7,10,21H,8-9,11H2,1-3H3,(H,18,22)(H,19,20). The highest BCUT2D eigenvalue weighted by atomic mass is 16.3. The number of aliphatic hydroxyl groups is 1. The first kappa shape index (κ1) is 16.2. The Morgan fingerprint density at radius 1 is 1.23 bits per heavy atom. The summed E-state index contributed by atoms with van der Waals surface area (Å²) in [6.45, 7) is 6.80. The van der Waals surface area contributed by atoms with Gasteiger partial charge in [0, 0.05) is 17.7 Å². The zero-order valence-corrected chi connectivity index (χ0v) is 13.3. The highest BCUT2D eigenvalue weighted by Gasteiger charge is 2.19. The normalized spacial score (nSPS) is 11.5. The SMILES string of the molecule is CC(C)(C)c1cc(C(=O)NCCc2ccc(CO)cc2)n[nH]1. The van der Waals surface area contributed by atoms with Crippen LogP contribution in [-0.4, -0.2) is 27.8 Å². The van der Waals surface area contributed by atoms with Gasteiger partial charge in [-0.2, -0.15) is 5.10 Å². The van der Waals surface area contributed by atoms with E-state index in [1.807, 2.05) is 24.3 Å². The maximum Gasteiger partial charge on any atom is 0.271 e. The highest BCUT2D eigenvalue weighted by Crippen LogP contribution is 2.20. The molecule has 3 N–H and O–H groups in total. The minimum Gasteiger partial charge on any atom is -0.392 e. The highest BCUT2D eigenvalue weighted by molar-refractivity contribution is 5.92. The molecule has 2 aromatic rings. The molecule has 0 bridgehead atoms. The molecule has 0 spiro atoms. The zero-order valence-electron chi connectivity index (χ0n) is 13.3. The Kier molecular flexibility index (Phi) is 4.98. The van der Waals surface area contributed by atoms with Crippen LogP contribution in [0.15, 0.2) is 30.3 Å². The molecule has 0 fully saturated rings. The summed E-state index contributed by atoms with van der Waals surface area (Å²) in [6, 6.07) is 9.50. The van der Waals surface area contributed by atoms with Gasteiger partial charge < -0.3 is 10.4 Å². The third kappa shape index (κ3) is 4.18. The molecule has 0 aliphatic rings. The number of hydrogen-bond donors (Lipinski definition) is 3. The van der Waals surface area contributed by atoms with Crippen LogP contribution >= 0.6 is 0 Å². The maximum atomic E-state index is 12.0. The van der Waals surface area contributed by atoms with Crippen LogP contribution < -0.4 is 5.32 Å². The van der Waals surface area contributed by atoms with Crippen LogP contribution in [0.5, 0.6) is 0 Å². The second-order valence-corrected chi connectivity index (χ2v) is 6.40. The quantitative estimate of drug-likeness (QED) is 0.792. The largest absolute Gasteiger partial charge is 0.392 e. The Morgan fingerprint density at radius 3 is 2.41 bits per heavy atom. The molecule has 5 heteroatoms. The number of benzene rings is 1. The molecule has 1 aromatic carbocycles. The third-order valence-electron chi connectivity index (χ3n) is 3.52. The van der Waals surface area contributed by atoms with Crippen molar-refractivity contribution < 1.29 is 9.90 Å². The molecule has 1 aromatic heterocycles. The van der Waals surface area contributed by atoms with Crippen LogP contribution in [0.2, 0.25) is 0 Å². The molecule has 0 aliphatic heterocycles. The van der Waals surface area contributed by atoms with Crippen LogP contribution in [0, 0.1) is 0 Å². The molecule has 1 heterocycles.